The van der Waals surface area contributed by atoms with Crippen LogP contribution in [0.1, 0.15) is 112 Å². The second kappa shape index (κ2) is 14.9. The molecule has 1 aliphatic carbocycles. The molecule has 0 saturated carbocycles. The summed E-state index contributed by atoms with van der Waals surface area (Å²) < 4.78 is 10.6. The third kappa shape index (κ3) is 6.15. The monoisotopic (exact) mass is 684 g/mol. The van der Waals surface area contributed by atoms with E-state index >= 15 is 0 Å². The molecule has 2 aliphatic heterocycles. The van der Waals surface area contributed by atoms with E-state index in [1.54, 1.807) is 25.2 Å². The molecule has 50 heavy (non-hydrogen) atoms. The van der Waals surface area contributed by atoms with Crippen LogP contribution >= 0.6 is 0 Å². The SMILES string of the molecule is C=Cc1c2[n-]c(c1C)/C=C1\[N-]/C(=C3\c4[n-]c(c(C)c4C(=O)[C@@H]3C(=O)OC)/C=c3\[n-]/c(c(C=O)c3CC)=C\2)[C@@H](CCC(=O)OCCCC)[C@@H]1C.[Mg+2]. The minimum Gasteiger partial charge on any atom is -0.664 e. The van der Waals surface area contributed by atoms with Crippen molar-refractivity contribution >= 4 is 76.9 Å². The fourth-order valence-corrected chi connectivity index (χ4v) is 7.27. The number of methoxy groups -OCH3 is 1. The van der Waals surface area contributed by atoms with Gasteiger partial charge in [-0.3, -0.25) is 19.2 Å². The van der Waals surface area contributed by atoms with Crippen molar-refractivity contribution in [1.82, 2.24) is 15.0 Å². The van der Waals surface area contributed by atoms with Gasteiger partial charge < -0.3 is 29.7 Å². The summed E-state index contributed by atoms with van der Waals surface area (Å²) in [5.74, 6) is -3.19. The first kappa shape index (κ1) is 36.9. The Labute approximate surface area is 307 Å². The predicted octanol–water partition coefficient (Wildman–Crippen LogP) is 4.28. The number of Topliss-reactive ketones (excluding diaryl/α,β-unsaturated/α-hetero) is 1. The summed E-state index contributed by atoms with van der Waals surface area (Å²) >= 11 is 0. The molecule has 0 radical (unpaired) electrons. The van der Waals surface area contributed by atoms with Crippen LogP contribution < -0.4 is 25.7 Å². The van der Waals surface area contributed by atoms with Crippen LogP contribution in [0.5, 0.6) is 0 Å². The first-order valence-corrected chi connectivity index (χ1v) is 16.8. The van der Waals surface area contributed by atoms with Gasteiger partial charge in [0.15, 0.2) is 5.78 Å². The first-order valence-electron chi connectivity index (χ1n) is 16.8. The number of ketones is 1. The van der Waals surface area contributed by atoms with Crippen molar-refractivity contribution in [2.75, 3.05) is 13.7 Å². The van der Waals surface area contributed by atoms with Gasteiger partial charge in [-0.05, 0) is 50.5 Å². The summed E-state index contributed by atoms with van der Waals surface area (Å²) in [5.41, 5.74) is 7.65. The third-order valence-electron chi connectivity index (χ3n) is 10.0. The number of rotatable bonds is 10. The standard InChI is InChI=1S/C39H41N4O6.Mg/c1-8-11-14-49-32(45)13-12-24-20(5)27-15-26-19(4)22(9-2)29(40-26)17-31-25(18-44)23(10-3)30(41-31)16-28-21(6)33-37(43-28)34(36(24)42-27)35(38(33)46)39(47)48-7;/h9,15-18,20,24,35H,2,8,10-14H2,1,3-7H3,(H-,42,43,44,46);/q-3;+2/p-1/b27-15-,31-17-;/t20-,24-,35+;/m0./s1. The molecule has 1 fully saturated rings. The van der Waals surface area contributed by atoms with Crippen molar-refractivity contribution in [3.05, 3.63) is 90.1 Å². The van der Waals surface area contributed by atoms with Crippen molar-refractivity contribution in [3.8, 4) is 0 Å². The van der Waals surface area contributed by atoms with Gasteiger partial charge in [0.1, 0.15) is 12.2 Å². The van der Waals surface area contributed by atoms with E-state index in [-0.39, 0.29) is 47.3 Å². The molecule has 0 spiro atoms. The number of allylic oxidation sites excluding steroid dienone is 2. The predicted molar refractivity (Wildman–Crippen MR) is 192 cm³/mol. The summed E-state index contributed by atoms with van der Waals surface area (Å²) in [6.07, 6.45) is 10.8. The number of carbonyl (C=O) groups is 4. The molecular weight excluding hydrogens is 645 g/mol. The normalized spacial score (nSPS) is 22.6. The Bertz CT molecular complexity index is 2090. The molecule has 3 aromatic rings. The van der Waals surface area contributed by atoms with Crippen LogP contribution in [0.25, 0.3) is 35.2 Å². The van der Waals surface area contributed by atoms with E-state index in [0.29, 0.717) is 86.6 Å². The number of ether oxygens (including phenoxy) is 2. The average molecular weight is 685 g/mol. The Morgan fingerprint density at radius 1 is 0.980 bits per heavy atom. The fraction of sp³-hybridized carbons (Fsp3) is 0.385. The zero-order valence-electron chi connectivity index (χ0n) is 29.5. The van der Waals surface area contributed by atoms with Gasteiger partial charge in [0, 0.05) is 17.5 Å². The molecular formula is C39H40MgN4O6-2. The van der Waals surface area contributed by atoms with Gasteiger partial charge in [-0.15, -0.1) is 33.5 Å². The Kier molecular flexibility index (Phi) is 11.0. The molecule has 10 nitrogen and oxygen atoms in total. The van der Waals surface area contributed by atoms with Gasteiger partial charge in [0.25, 0.3) is 0 Å². The number of esters is 2. The molecule has 3 aromatic heterocycles. The van der Waals surface area contributed by atoms with Crippen LogP contribution in [0, 0.1) is 31.6 Å². The number of nitrogens with zero attached hydrogens (tertiary/aromatic N) is 4. The molecule has 6 rings (SSSR count). The van der Waals surface area contributed by atoms with E-state index in [1.807, 2.05) is 33.8 Å². The van der Waals surface area contributed by atoms with Crippen LogP contribution in [-0.2, 0) is 25.5 Å². The summed E-state index contributed by atoms with van der Waals surface area (Å²) in [6, 6.07) is 0. The number of fused-ring (bicyclic) bond motifs is 7. The van der Waals surface area contributed by atoms with Gasteiger partial charge in [-0.25, -0.2) is 0 Å². The van der Waals surface area contributed by atoms with Crippen molar-refractivity contribution in [3.63, 3.8) is 0 Å². The van der Waals surface area contributed by atoms with E-state index in [9.17, 15) is 19.2 Å². The van der Waals surface area contributed by atoms with Gasteiger partial charge in [0.2, 0.25) is 0 Å². The minimum absolute atomic E-state index is 0. The Hall–Kier alpha value is -4.35. The zero-order valence-corrected chi connectivity index (χ0v) is 30.9. The molecule has 1 saturated heterocycles. The summed E-state index contributed by atoms with van der Waals surface area (Å²) in [6.45, 7) is 14.1. The molecule has 256 valence electrons. The molecule has 11 heteroatoms. The molecule has 0 unspecified atom stereocenters. The summed E-state index contributed by atoms with van der Waals surface area (Å²) in [4.78, 5) is 67.5. The maximum absolute atomic E-state index is 14.1. The number of aldehydes is 1. The van der Waals surface area contributed by atoms with Crippen LogP contribution in [-0.4, -0.2) is 60.8 Å². The van der Waals surface area contributed by atoms with Gasteiger partial charge in [0.05, 0.1) is 13.7 Å². The van der Waals surface area contributed by atoms with Crippen LogP contribution in [0.2, 0.25) is 0 Å². The quantitative estimate of drug-likeness (QED) is 0.101. The van der Waals surface area contributed by atoms with Gasteiger partial charge in [-0.1, -0.05) is 80.3 Å². The number of aromatic nitrogens is 3. The summed E-state index contributed by atoms with van der Waals surface area (Å²) in [7, 11) is 1.26. The van der Waals surface area contributed by atoms with Crippen molar-refractivity contribution in [1.29, 1.82) is 0 Å². The minimum atomic E-state index is -1.25. The first-order chi connectivity index (χ1) is 23.6. The van der Waals surface area contributed by atoms with Crippen LogP contribution in [0.15, 0.2) is 18.0 Å². The molecule has 0 amide bonds. The molecule has 3 aliphatic rings. The second-order valence-corrected chi connectivity index (χ2v) is 12.8. The number of hydrogen-bond acceptors (Lipinski definition) is 6. The number of hydrogen-bond donors (Lipinski definition) is 0. The fourth-order valence-electron chi connectivity index (χ4n) is 7.27. The molecule has 0 N–H and O–H groups in total. The Morgan fingerprint density at radius 3 is 2.36 bits per heavy atom. The Balaban J connectivity index is 0.00000486. The maximum Gasteiger partial charge on any atom is 2.00 e. The summed E-state index contributed by atoms with van der Waals surface area (Å²) in [5, 5.41) is 6.17. The van der Waals surface area contributed by atoms with Gasteiger partial charge in [-0.2, -0.15) is 11.4 Å². The van der Waals surface area contributed by atoms with Crippen molar-refractivity contribution in [2.24, 2.45) is 17.8 Å². The molecule has 5 heterocycles. The third-order valence-corrected chi connectivity index (χ3v) is 10.0. The molecule has 8 bridgehead atoms. The zero-order chi connectivity index (χ0) is 35.1. The average Bonchev–Trinajstić information content (AvgIpc) is 3.84. The molecule has 0 aromatic carbocycles. The van der Waals surface area contributed by atoms with E-state index in [0.717, 1.165) is 35.8 Å². The second-order valence-electron chi connectivity index (χ2n) is 12.8. The van der Waals surface area contributed by atoms with Crippen molar-refractivity contribution < 1.29 is 28.7 Å². The van der Waals surface area contributed by atoms with Crippen LogP contribution in [0.3, 0.4) is 0 Å². The van der Waals surface area contributed by atoms with E-state index in [4.69, 9.17) is 29.7 Å². The molecule has 3 atom stereocenters. The van der Waals surface area contributed by atoms with Gasteiger partial charge >= 0.3 is 35.0 Å². The van der Waals surface area contributed by atoms with E-state index in [2.05, 4.69) is 6.58 Å². The maximum atomic E-state index is 14.1. The van der Waals surface area contributed by atoms with Crippen molar-refractivity contribution in [2.45, 2.75) is 66.7 Å². The largest absolute Gasteiger partial charge is 2.00 e. The smallest absolute Gasteiger partial charge is 0.664 e. The number of carbonyl (C=O) groups excluding carboxylic acids is 4. The van der Waals surface area contributed by atoms with Crippen LogP contribution in [0.4, 0.5) is 0 Å². The number of unbranched alkanes of at least 4 members (excludes halogenated alkanes) is 1. The Morgan fingerprint density at radius 2 is 1.70 bits per heavy atom. The topological polar surface area (TPSA) is 143 Å². The van der Waals surface area contributed by atoms with E-state index < -0.39 is 17.7 Å². The van der Waals surface area contributed by atoms with E-state index in [1.165, 1.54) is 7.11 Å².